The smallest absolute Gasteiger partial charge is 0.416 e. The monoisotopic (exact) mass is 286 g/mol. The van der Waals surface area contributed by atoms with Crippen molar-refractivity contribution in [3.8, 4) is 5.75 Å². The molecule has 1 rings (SSSR count). The van der Waals surface area contributed by atoms with E-state index in [4.69, 9.17) is 25.4 Å². The van der Waals surface area contributed by atoms with Crippen LogP contribution in [0.5, 0.6) is 5.75 Å². The molecule has 0 fully saturated rings. The Bertz CT molecular complexity index is 428. The minimum atomic E-state index is -4.43. The molecule has 0 aliphatic heterocycles. The van der Waals surface area contributed by atoms with Crippen LogP contribution < -0.4 is 4.52 Å². The zero-order chi connectivity index (χ0) is 13.1. The topological polar surface area (TPSA) is 27.7 Å². The summed E-state index contributed by atoms with van der Waals surface area (Å²) in [6, 6.07) is 4.37. The molecule has 0 unspecified atom stereocenters. The number of alkyl halides is 3. The first-order valence-electron chi connectivity index (χ1n) is 4.39. The molecule has 1 aromatic carbocycles. The van der Waals surface area contributed by atoms with E-state index in [1.807, 2.05) is 0 Å². The molecule has 0 N–H and O–H groups in total. The summed E-state index contributed by atoms with van der Waals surface area (Å²) in [5.41, 5.74) is -0.816. The zero-order valence-electron chi connectivity index (χ0n) is 9.02. The van der Waals surface area contributed by atoms with Crippen molar-refractivity contribution in [3.05, 3.63) is 29.8 Å². The Labute approximate surface area is 102 Å². The van der Waals surface area contributed by atoms with E-state index in [1.54, 1.807) is 0 Å². The summed E-state index contributed by atoms with van der Waals surface area (Å²) in [5, 5.41) is 0. The molecule has 3 nitrogen and oxygen atoms in total. The first kappa shape index (κ1) is 14.4. The van der Waals surface area contributed by atoms with Crippen molar-refractivity contribution in [1.82, 2.24) is 0 Å². The molecular weight excluding hydrogens is 276 g/mol. The van der Waals surface area contributed by atoms with Gasteiger partial charge in [0.15, 0.2) is 0 Å². The van der Waals surface area contributed by atoms with Crippen LogP contribution in [0, 0.1) is 0 Å². The van der Waals surface area contributed by atoms with Crippen molar-refractivity contribution in [3.63, 3.8) is 0 Å². The van der Waals surface area contributed by atoms with Crippen LogP contribution in [0.2, 0.25) is 0 Å². The highest BCUT2D eigenvalue weighted by Crippen LogP contribution is 2.48. The number of hydrogen-bond donors (Lipinski definition) is 0. The summed E-state index contributed by atoms with van der Waals surface area (Å²) in [5.74, 6) is -0.0353. The lowest BCUT2D eigenvalue weighted by Gasteiger charge is -2.18. The lowest BCUT2D eigenvalue weighted by Crippen LogP contribution is -2.05. The van der Waals surface area contributed by atoms with E-state index in [-0.39, 0.29) is 5.75 Å². The van der Waals surface area contributed by atoms with Crippen molar-refractivity contribution in [1.29, 1.82) is 0 Å². The molecule has 0 heterocycles. The number of halogens is 3. The van der Waals surface area contributed by atoms with Gasteiger partial charge in [-0.05, 0) is 18.2 Å². The number of hydrogen-bond acceptors (Lipinski definition) is 4. The molecule has 0 bridgehead atoms. The Morgan fingerprint density at radius 3 is 2.24 bits per heavy atom. The quantitative estimate of drug-likeness (QED) is 0.790. The van der Waals surface area contributed by atoms with Gasteiger partial charge in [-0.25, -0.2) is 0 Å². The Morgan fingerprint density at radius 1 is 1.18 bits per heavy atom. The van der Waals surface area contributed by atoms with E-state index < -0.39 is 18.5 Å². The van der Waals surface area contributed by atoms with Crippen LogP contribution in [0.15, 0.2) is 24.3 Å². The molecule has 0 radical (unpaired) electrons. The second kappa shape index (κ2) is 5.35. The Kier molecular flexibility index (Phi) is 4.55. The van der Waals surface area contributed by atoms with Crippen LogP contribution in [0.1, 0.15) is 5.56 Å². The maximum Gasteiger partial charge on any atom is 0.416 e. The van der Waals surface area contributed by atoms with Gasteiger partial charge < -0.3 is 13.6 Å². The van der Waals surface area contributed by atoms with Gasteiger partial charge in [-0.3, -0.25) is 0 Å². The predicted octanol–water partition coefficient (Wildman–Crippen LogP) is 3.60. The summed E-state index contributed by atoms with van der Waals surface area (Å²) >= 11 is 4.89. The second-order valence-electron chi connectivity index (χ2n) is 2.93. The van der Waals surface area contributed by atoms with Crippen molar-refractivity contribution >= 4 is 18.5 Å². The van der Waals surface area contributed by atoms with Crippen LogP contribution in [0.25, 0.3) is 0 Å². The zero-order valence-corrected chi connectivity index (χ0v) is 10.7. The third kappa shape index (κ3) is 3.96. The fourth-order valence-corrected chi connectivity index (χ4v) is 1.94. The molecular formula is C9H10F3O3PS. The van der Waals surface area contributed by atoms with Crippen molar-refractivity contribution in [2.24, 2.45) is 0 Å². The molecule has 1 aromatic rings. The lowest BCUT2D eigenvalue weighted by molar-refractivity contribution is -0.137. The molecule has 0 aromatic heterocycles. The maximum atomic E-state index is 12.4. The van der Waals surface area contributed by atoms with Gasteiger partial charge in [0.1, 0.15) is 5.75 Å². The normalized spacial score (nSPS) is 12.5. The van der Waals surface area contributed by atoms with E-state index in [2.05, 4.69) is 0 Å². The fourth-order valence-electron chi connectivity index (χ4n) is 1.01. The first-order valence-corrected chi connectivity index (χ1v) is 6.95. The van der Waals surface area contributed by atoms with E-state index in [9.17, 15) is 13.2 Å². The third-order valence-electron chi connectivity index (χ3n) is 1.83. The molecule has 0 aliphatic carbocycles. The van der Waals surface area contributed by atoms with Gasteiger partial charge in [0.05, 0.1) is 5.56 Å². The highest BCUT2D eigenvalue weighted by Gasteiger charge is 2.31. The number of rotatable bonds is 4. The average molecular weight is 286 g/mol. The van der Waals surface area contributed by atoms with Crippen LogP contribution in [0.3, 0.4) is 0 Å². The van der Waals surface area contributed by atoms with E-state index in [0.29, 0.717) is 0 Å². The molecule has 0 saturated carbocycles. The average Bonchev–Trinajstić information content (AvgIpc) is 2.28. The summed E-state index contributed by atoms with van der Waals surface area (Å²) in [7, 11) is 2.55. The molecule has 0 saturated heterocycles. The largest absolute Gasteiger partial charge is 0.424 e. The van der Waals surface area contributed by atoms with E-state index >= 15 is 0 Å². The molecule has 17 heavy (non-hydrogen) atoms. The van der Waals surface area contributed by atoms with E-state index in [0.717, 1.165) is 12.1 Å². The highest BCUT2D eigenvalue weighted by molar-refractivity contribution is 8.07. The van der Waals surface area contributed by atoms with Gasteiger partial charge in [-0.15, -0.1) is 0 Å². The van der Waals surface area contributed by atoms with Gasteiger partial charge in [-0.2, -0.15) is 13.2 Å². The minimum absolute atomic E-state index is 0.0353. The van der Waals surface area contributed by atoms with Crippen LogP contribution in [-0.2, 0) is 27.0 Å². The Hall–Kier alpha value is -0.620. The van der Waals surface area contributed by atoms with Crippen LogP contribution in [0.4, 0.5) is 13.2 Å². The fraction of sp³-hybridized carbons (Fsp3) is 0.333. The van der Waals surface area contributed by atoms with Gasteiger partial charge in [-0.1, -0.05) is 6.07 Å². The highest BCUT2D eigenvalue weighted by atomic mass is 32.5. The predicted molar refractivity (Wildman–Crippen MR) is 60.4 cm³/mol. The van der Waals surface area contributed by atoms with E-state index in [1.165, 1.54) is 26.4 Å². The molecule has 0 aliphatic rings. The summed E-state index contributed by atoms with van der Waals surface area (Å²) in [4.78, 5) is 0. The van der Waals surface area contributed by atoms with Crippen LogP contribution >= 0.6 is 6.72 Å². The maximum absolute atomic E-state index is 12.4. The lowest BCUT2D eigenvalue weighted by atomic mass is 10.2. The standard InChI is InChI=1S/C9H10F3O3PS/c1-13-16(17,14-2)15-8-5-3-4-7(6-8)9(10,11)12/h3-6H,1-2H3. The summed E-state index contributed by atoms with van der Waals surface area (Å²) in [6.45, 7) is -3.01. The Morgan fingerprint density at radius 2 is 1.76 bits per heavy atom. The SMILES string of the molecule is COP(=S)(OC)Oc1cccc(C(F)(F)F)c1. The molecule has 96 valence electrons. The van der Waals surface area contributed by atoms with Gasteiger partial charge in [0.2, 0.25) is 0 Å². The van der Waals surface area contributed by atoms with Gasteiger partial charge in [0, 0.05) is 26.0 Å². The van der Waals surface area contributed by atoms with Crippen molar-refractivity contribution in [2.75, 3.05) is 14.2 Å². The third-order valence-corrected chi connectivity index (χ3v) is 4.27. The van der Waals surface area contributed by atoms with Crippen LogP contribution in [-0.4, -0.2) is 14.2 Å². The van der Waals surface area contributed by atoms with Crippen molar-refractivity contribution < 1.29 is 26.7 Å². The molecule has 0 atom stereocenters. The van der Waals surface area contributed by atoms with Gasteiger partial charge >= 0.3 is 12.9 Å². The summed E-state index contributed by atoms with van der Waals surface area (Å²) < 4.78 is 52.0. The Balaban J connectivity index is 2.98. The molecule has 8 heteroatoms. The molecule has 0 amide bonds. The first-order chi connectivity index (χ1) is 7.80. The molecule has 0 spiro atoms. The summed E-state index contributed by atoms with van der Waals surface area (Å²) in [6.07, 6.45) is -4.43. The minimum Gasteiger partial charge on any atom is -0.424 e. The second-order valence-corrected chi connectivity index (χ2v) is 6.08. The van der Waals surface area contributed by atoms with Crippen molar-refractivity contribution in [2.45, 2.75) is 6.18 Å². The number of benzene rings is 1. The van der Waals surface area contributed by atoms with Gasteiger partial charge in [0.25, 0.3) is 0 Å².